The molecule has 2 heterocycles. The van der Waals surface area contributed by atoms with Gasteiger partial charge in [0.05, 0.1) is 12.8 Å². The average Bonchev–Trinajstić information content (AvgIpc) is 3.27. The summed E-state index contributed by atoms with van der Waals surface area (Å²) < 4.78 is 7.07. The van der Waals surface area contributed by atoms with Gasteiger partial charge in [-0.05, 0) is 24.6 Å². The maximum absolute atomic E-state index is 12.7. The Morgan fingerprint density at radius 1 is 1.22 bits per heavy atom. The number of aromatic nitrogens is 2. The summed E-state index contributed by atoms with van der Waals surface area (Å²) in [7, 11) is 1.63. The number of amides is 1. The van der Waals surface area contributed by atoms with Gasteiger partial charge in [-0.3, -0.25) is 9.20 Å². The highest BCUT2D eigenvalue weighted by Crippen LogP contribution is 2.24. The fourth-order valence-electron chi connectivity index (χ4n) is 2.87. The van der Waals surface area contributed by atoms with Crippen molar-refractivity contribution in [2.45, 2.75) is 13.5 Å². The minimum Gasteiger partial charge on any atom is -0.497 e. The van der Waals surface area contributed by atoms with Crippen LogP contribution in [0.4, 0.5) is 0 Å². The molecule has 4 aromatic rings. The molecule has 2 aromatic heterocycles. The predicted octanol–water partition coefficient (Wildman–Crippen LogP) is 4.31. The van der Waals surface area contributed by atoms with Gasteiger partial charge >= 0.3 is 0 Å². The van der Waals surface area contributed by atoms with Gasteiger partial charge in [0.25, 0.3) is 5.91 Å². The standard InChI is InChI=1S/C21H19N3O2S/c1-14-6-8-16(9-7-14)18-12-24-19(13-27-21(24)23-18)20(25)22-11-15-4-3-5-17(10-15)26-2/h3-10,12-13H,11H2,1-2H3,(H,22,25). The number of rotatable bonds is 5. The number of fused-ring (bicyclic) bond motifs is 1. The summed E-state index contributed by atoms with van der Waals surface area (Å²) in [5, 5.41) is 4.80. The first kappa shape index (κ1) is 17.3. The lowest BCUT2D eigenvalue weighted by atomic mass is 10.1. The van der Waals surface area contributed by atoms with Crippen LogP contribution in [0, 0.1) is 6.92 Å². The second-order valence-electron chi connectivity index (χ2n) is 6.30. The van der Waals surface area contributed by atoms with E-state index in [4.69, 9.17) is 4.74 Å². The van der Waals surface area contributed by atoms with Crippen molar-refractivity contribution >= 4 is 22.2 Å². The Labute approximate surface area is 161 Å². The number of hydrogen-bond acceptors (Lipinski definition) is 4. The van der Waals surface area contributed by atoms with E-state index in [1.54, 1.807) is 7.11 Å². The van der Waals surface area contributed by atoms with E-state index in [2.05, 4.69) is 29.4 Å². The van der Waals surface area contributed by atoms with Gasteiger partial charge in [0.15, 0.2) is 4.96 Å². The number of thiazole rings is 1. The van der Waals surface area contributed by atoms with Crippen LogP contribution in [0.3, 0.4) is 0 Å². The van der Waals surface area contributed by atoms with Crippen LogP contribution >= 0.6 is 11.3 Å². The van der Waals surface area contributed by atoms with Gasteiger partial charge in [-0.2, -0.15) is 0 Å². The molecule has 2 aromatic carbocycles. The Morgan fingerprint density at radius 2 is 2.04 bits per heavy atom. The molecule has 5 nitrogen and oxygen atoms in total. The minimum absolute atomic E-state index is 0.128. The molecular formula is C21H19N3O2S. The zero-order chi connectivity index (χ0) is 18.8. The largest absolute Gasteiger partial charge is 0.497 e. The van der Waals surface area contributed by atoms with Crippen molar-refractivity contribution in [3.8, 4) is 17.0 Å². The Kier molecular flexibility index (Phi) is 4.64. The maximum atomic E-state index is 12.7. The third-order valence-electron chi connectivity index (χ3n) is 4.38. The van der Waals surface area contributed by atoms with Gasteiger partial charge in [0, 0.05) is 23.7 Å². The number of carbonyl (C=O) groups excluding carboxylic acids is 1. The highest BCUT2D eigenvalue weighted by Gasteiger charge is 2.15. The molecular weight excluding hydrogens is 358 g/mol. The maximum Gasteiger partial charge on any atom is 0.269 e. The number of aryl methyl sites for hydroxylation is 1. The molecule has 0 aliphatic rings. The Hall–Kier alpha value is -3.12. The van der Waals surface area contributed by atoms with Crippen molar-refractivity contribution in [3.05, 3.63) is 76.9 Å². The van der Waals surface area contributed by atoms with E-state index in [-0.39, 0.29) is 5.91 Å². The number of carbonyl (C=O) groups is 1. The summed E-state index contributed by atoms with van der Waals surface area (Å²) in [6, 6.07) is 15.9. The number of nitrogens with one attached hydrogen (secondary N) is 1. The molecule has 0 spiro atoms. The number of methoxy groups -OCH3 is 1. The molecule has 0 aliphatic heterocycles. The molecule has 0 radical (unpaired) electrons. The first-order chi connectivity index (χ1) is 13.1. The van der Waals surface area contributed by atoms with E-state index in [1.165, 1.54) is 16.9 Å². The van der Waals surface area contributed by atoms with Crippen LogP contribution < -0.4 is 10.1 Å². The summed E-state index contributed by atoms with van der Waals surface area (Å²) in [4.78, 5) is 18.1. The molecule has 27 heavy (non-hydrogen) atoms. The van der Waals surface area contributed by atoms with Crippen molar-refractivity contribution in [2.24, 2.45) is 0 Å². The van der Waals surface area contributed by atoms with Crippen molar-refractivity contribution in [3.63, 3.8) is 0 Å². The number of imidazole rings is 1. The monoisotopic (exact) mass is 377 g/mol. The lowest BCUT2D eigenvalue weighted by Gasteiger charge is -2.06. The molecule has 0 fully saturated rings. The minimum atomic E-state index is -0.128. The van der Waals surface area contributed by atoms with Gasteiger partial charge in [-0.1, -0.05) is 42.0 Å². The topological polar surface area (TPSA) is 55.6 Å². The third-order valence-corrected chi connectivity index (χ3v) is 5.22. The van der Waals surface area contributed by atoms with E-state index in [0.717, 1.165) is 27.5 Å². The second-order valence-corrected chi connectivity index (χ2v) is 7.14. The van der Waals surface area contributed by atoms with E-state index in [9.17, 15) is 4.79 Å². The first-order valence-electron chi connectivity index (χ1n) is 8.59. The molecule has 136 valence electrons. The molecule has 0 atom stereocenters. The van der Waals surface area contributed by atoms with E-state index in [0.29, 0.717) is 12.2 Å². The lowest BCUT2D eigenvalue weighted by Crippen LogP contribution is -2.23. The summed E-state index contributed by atoms with van der Waals surface area (Å²) in [6.45, 7) is 2.49. The highest BCUT2D eigenvalue weighted by atomic mass is 32.1. The van der Waals surface area contributed by atoms with E-state index in [1.807, 2.05) is 52.4 Å². The molecule has 0 unspecified atom stereocenters. The van der Waals surface area contributed by atoms with Crippen molar-refractivity contribution < 1.29 is 9.53 Å². The SMILES string of the molecule is COc1cccc(CNC(=O)c2csc3nc(-c4ccc(C)cc4)cn23)c1. The highest BCUT2D eigenvalue weighted by molar-refractivity contribution is 7.15. The summed E-state index contributed by atoms with van der Waals surface area (Å²) >= 11 is 1.46. The van der Waals surface area contributed by atoms with Crippen LogP contribution in [0.2, 0.25) is 0 Å². The number of ether oxygens (including phenoxy) is 1. The molecule has 4 rings (SSSR count). The number of benzene rings is 2. The number of hydrogen-bond donors (Lipinski definition) is 1. The van der Waals surface area contributed by atoms with Crippen molar-refractivity contribution in [2.75, 3.05) is 7.11 Å². The quantitative estimate of drug-likeness (QED) is 0.564. The van der Waals surface area contributed by atoms with E-state index < -0.39 is 0 Å². The molecule has 0 saturated heterocycles. The zero-order valence-electron chi connectivity index (χ0n) is 15.1. The summed E-state index contributed by atoms with van der Waals surface area (Å²) in [5.41, 5.74) is 4.68. The fourth-order valence-corrected chi connectivity index (χ4v) is 3.72. The van der Waals surface area contributed by atoms with Gasteiger partial charge < -0.3 is 10.1 Å². The van der Waals surface area contributed by atoms with Gasteiger partial charge in [0.1, 0.15) is 11.4 Å². The molecule has 0 bridgehead atoms. The third kappa shape index (κ3) is 3.57. The predicted molar refractivity (Wildman–Crippen MR) is 107 cm³/mol. The molecule has 1 N–H and O–H groups in total. The van der Waals surface area contributed by atoms with Crippen LogP contribution in [0.5, 0.6) is 5.75 Å². The van der Waals surface area contributed by atoms with Crippen molar-refractivity contribution in [1.82, 2.24) is 14.7 Å². The van der Waals surface area contributed by atoms with Crippen LogP contribution in [0.25, 0.3) is 16.2 Å². The zero-order valence-corrected chi connectivity index (χ0v) is 15.9. The van der Waals surface area contributed by atoms with Gasteiger partial charge in [-0.15, -0.1) is 11.3 Å². The van der Waals surface area contributed by atoms with Gasteiger partial charge in [0.2, 0.25) is 0 Å². The van der Waals surface area contributed by atoms with Crippen LogP contribution in [-0.4, -0.2) is 22.4 Å². The average molecular weight is 377 g/mol. The second kappa shape index (κ2) is 7.25. The smallest absolute Gasteiger partial charge is 0.269 e. The van der Waals surface area contributed by atoms with Crippen LogP contribution in [-0.2, 0) is 6.54 Å². The molecule has 0 saturated carbocycles. The Balaban J connectivity index is 1.54. The Morgan fingerprint density at radius 3 is 2.81 bits per heavy atom. The first-order valence-corrected chi connectivity index (χ1v) is 9.47. The molecule has 6 heteroatoms. The van der Waals surface area contributed by atoms with Crippen LogP contribution in [0.1, 0.15) is 21.6 Å². The normalized spacial score (nSPS) is 10.9. The Bertz CT molecular complexity index is 1100. The molecule has 0 aliphatic carbocycles. The van der Waals surface area contributed by atoms with Crippen LogP contribution in [0.15, 0.2) is 60.1 Å². The molecule has 1 amide bonds. The fraction of sp³-hybridized carbons (Fsp3) is 0.143. The van der Waals surface area contributed by atoms with Crippen molar-refractivity contribution in [1.29, 1.82) is 0 Å². The summed E-state index contributed by atoms with van der Waals surface area (Å²) in [6.07, 6.45) is 1.91. The summed E-state index contributed by atoms with van der Waals surface area (Å²) in [5.74, 6) is 0.647. The lowest BCUT2D eigenvalue weighted by molar-refractivity contribution is 0.0945. The van der Waals surface area contributed by atoms with E-state index >= 15 is 0 Å². The number of nitrogens with zero attached hydrogens (tertiary/aromatic N) is 2. The van der Waals surface area contributed by atoms with Gasteiger partial charge in [-0.25, -0.2) is 4.98 Å².